The third-order valence-corrected chi connectivity index (χ3v) is 4.50. The number of anilines is 2. The van der Waals surface area contributed by atoms with Gasteiger partial charge in [-0.15, -0.1) is 0 Å². The SMILES string of the molecule is O=C(NNc1cccc(Cl)c1)[C@@H]1CC(=O)N(c2cccc(Br)c2)C1. The van der Waals surface area contributed by atoms with Gasteiger partial charge in [-0.3, -0.25) is 20.4 Å². The van der Waals surface area contributed by atoms with Crippen LogP contribution in [0.2, 0.25) is 5.02 Å². The van der Waals surface area contributed by atoms with Crippen molar-refractivity contribution in [3.05, 3.63) is 58.0 Å². The largest absolute Gasteiger partial charge is 0.312 e. The monoisotopic (exact) mass is 407 g/mol. The minimum Gasteiger partial charge on any atom is -0.312 e. The molecule has 124 valence electrons. The fraction of sp³-hybridized carbons (Fsp3) is 0.176. The van der Waals surface area contributed by atoms with E-state index >= 15 is 0 Å². The molecule has 0 spiro atoms. The molecule has 2 aromatic rings. The predicted molar refractivity (Wildman–Crippen MR) is 97.8 cm³/mol. The molecule has 1 aliphatic rings. The highest BCUT2D eigenvalue weighted by atomic mass is 79.9. The number of benzene rings is 2. The molecule has 5 nitrogen and oxygen atoms in total. The lowest BCUT2D eigenvalue weighted by Gasteiger charge is -2.17. The standard InChI is InChI=1S/C17H15BrClN3O2/c18-12-3-1-6-15(8-12)22-10-11(7-16(22)23)17(24)21-20-14-5-2-4-13(19)9-14/h1-6,8-9,11,20H,7,10H2,(H,21,24)/t11-/m1/s1. The number of rotatable bonds is 4. The van der Waals surface area contributed by atoms with Crippen molar-refractivity contribution in [2.24, 2.45) is 5.92 Å². The second-order valence-corrected chi connectivity index (χ2v) is 6.86. The Kier molecular flexibility index (Phi) is 5.06. The minimum atomic E-state index is -0.400. The lowest BCUT2D eigenvalue weighted by molar-refractivity contribution is -0.125. The number of hydrogen-bond donors (Lipinski definition) is 2. The molecule has 2 amide bonds. The van der Waals surface area contributed by atoms with E-state index in [9.17, 15) is 9.59 Å². The zero-order valence-electron chi connectivity index (χ0n) is 12.6. The molecule has 0 saturated carbocycles. The molecule has 0 aliphatic carbocycles. The first-order valence-corrected chi connectivity index (χ1v) is 8.57. The van der Waals surface area contributed by atoms with Crippen molar-refractivity contribution in [2.45, 2.75) is 6.42 Å². The van der Waals surface area contributed by atoms with Crippen LogP contribution in [0.25, 0.3) is 0 Å². The van der Waals surface area contributed by atoms with Crippen LogP contribution < -0.4 is 15.8 Å². The van der Waals surface area contributed by atoms with Gasteiger partial charge in [0.15, 0.2) is 0 Å². The van der Waals surface area contributed by atoms with Gasteiger partial charge in [-0.1, -0.05) is 39.7 Å². The fourth-order valence-electron chi connectivity index (χ4n) is 2.58. The Hall–Kier alpha value is -2.05. The van der Waals surface area contributed by atoms with Crippen LogP contribution in [-0.2, 0) is 9.59 Å². The molecule has 2 aromatic carbocycles. The van der Waals surface area contributed by atoms with Crippen LogP contribution in [0.3, 0.4) is 0 Å². The number of amides is 2. The van der Waals surface area contributed by atoms with Crippen LogP contribution >= 0.6 is 27.5 Å². The summed E-state index contributed by atoms with van der Waals surface area (Å²) in [6.07, 6.45) is 0.190. The highest BCUT2D eigenvalue weighted by Crippen LogP contribution is 2.27. The quantitative estimate of drug-likeness (QED) is 0.760. The third kappa shape index (κ3) is 3.88. The molecule has 7 heteroatoms. The lowest BCUT2D eigenvalue weighted by Crippen LogP contribution is -2.36. The molecule has 1 fully saturated rings. The van der Waals surface area contributed by atoms with Crippen molar-refractivity contribution in [3.63, 3.8) is 0 Å². The van der Waals surface area contributed by atoms with Crippen molar-refractivity contribution < 1.29 is 9.59 Å². The maximum atomic E-state index is 12.3. The van der Waals surface area contributed by atoms with Crippen LogP contribution in [0.5, 0.6) is 0 Å². The normalized spacial score (nSPS) is 17.0. The summed E-state index contributed by atoms with van der Waals surface area (Å²) in [7, 11) is 0. The Balaban J connectivity index is 1.61. The number of nitrogens with zero attached hydrogens (tertiary/aromatic N) is 1. The van der Waals surface area contributed by atoms with Crippen LogP contribution in [-0.4, -0.2) is 18.4 Å². The van der Waals surface area contributed by atoms with Gasteiger partial charge in [-0.25, -0.2) is 0 Å². The number of nitrogens with one attached hydrogen (secondary N) is 2. The maximum Gasteiger partial charge on any atom is 0.243 e. The van der Waals surface area contributed by atoms with Crippen molar-refractivity contribution in [3.8, 4) is 0 Å². The topological polar surface area (TPSA) is 61.4 Å². The van der Waals surface area contributed by atoms with E-state index < -0.39 is 5.92 Å². The minimum absolute atomic E-state index is 0.0593. The van der Waals surface area contributed by atoms with Crippen molar-refractivity contribution in [1.82, 2.24) is 5.43 Å². The highest BCUT2D eigenvalue weighted by molar-refractivity contribution is 9.10. The molecule has 0 bridgehead atoms. The van der Waals surface area contributed by atoms with Gasteiger partial charge < -0.3 is 4.90 Å². The van der Waals surface area contributed by atoms with Gasteiger partial charge in [-0.2, -0.15) is 0 Å². The van der Waals surface area contributed by atoms with Gasteiger partial charge in [0.2, 0.25) is 11.8 Å². The number of hydrazine groups is 1. The average Bonchev–Trinajstić information content (AvgIpc) is 2.95. The lowest BCUT2D eigenvalue weighted by atomic mass is 10.1. The summed E-state index contributed by atoms with van der Waals surface area (Å²) in [5.74, 6) is -0.681. The molecular weight excluding hydrogens is 394 g/mol. The molecule has 3 rings (SSSR count). The van der Waals surface area contributed by atoms with Crippen LogP contribution in [0, 0.1) is 5.92 Å². The van der Waals surface area contributed by atoms with E-state index in [4.69, 9.17) is 11.6 Å². The summed E-state index contributed by atoms with van der Waals surface area (Å²) in [5.41, 5.74) is 6.92. The molecular formula is C17H15BrClN3O2. The first-order chi connectivity index (χ1) is 11.5. The summed E-state index contributed by atoms with van der Waals surface area (Å²) >= 11 is 9.29. The molecule has 1 heterocycles. The van der Waals surface area contributed by atoms with Gasteiger partial charge in [0.05, 0.1) is 11.6 Å². The van der Waals surface area contributed by atoms with E-state index in [2.05, 4.69) is 26.8 Å². The van der Waals surface area contributed by atoms with Crippen molar-refractivity contribution in [2.75, 3.05) is 16.9 Å². The van der Waals surface area contributed by atoms with Crippen molar-refractivity contribution in [1.29, 1.82) is 0 Å². The van der Waals surface area contributed by atoms with E-state index in [0.29, 0.717) is 17.3 Å². The Morgan fingerprint density at radius 3 is 2.75 bits per heavy atom. The van der Waals surface area contributed by atoms with E-state index in [-0.39, 0.29) is 18.2 Å². The highest BCUT2D eigenvalue weighted by Gasteiger charge is 2.35. The Bertz CT molecular complexity index is 784. The number of carbonyl (C=O) groups is 2. The molecule has 0 unspecified atom stereocenters. The third-order valence-electron chi connectivity index (χ3n) is 3.77. The molecule has 1 saturated heterocycles. The molecule has 1 aliphatic heterocycles. The van der Waals surface area contributed by atoms with Gasteiger partial charge in [0.1, 0.15) is 0 Å². The van der Waals surface area contributed by atoms with Crippen molar-refractivity contribution >= 4 is 50.7 Å². The van der Waals surface area contributed by atoms with E-state index in [1.54, 1.807) is 29.2 Å². The van der Waals surface area contributed by atoms with E-state index in [0.717, 1.165) is 10.2 Å². The molecule has 0 radical (unpaired) electrons. The Morgan fingerprint density at radius 1 is 1.21 bits per heavy atom. The molecule has 1 atom stereocenters. The van der Waals surface area contributed by atoms with Crippen LogP contribution in [0.15, 0.2) is 53.0 Å². The van der Waals surface area contributed by atoms with Crippen LogP contribution in [0.4, 0.5) is 11.4 Å². The number of carbonyl (C=O) groups excluding carboxylic acids is 2. The average molecular weight is 409 g/mol. The summed E-state index contributed by atoms with van der Waals surface area (Å²) in [5, 5.41) is 0.575. The fourth-order valence-corrected chi connectivity index (χ4v) is 3.16. The molecule has 0 aromatic heterocycles. The van der Waals surface area contributed by atoms with E-state index in [1.165, 1.54) is 0 Å². The zero-order chi connectivity index (χ0) is 17.1. The summed E-state index contributed by atoms with van der Waals surface area (Å²) in [4.78, 5) is 26.1. The molecule has 2 N–H and O–H groups in total. The van der Waals surface area contributed by atoms with Gasteiger partial charge >= 0.3 is 0 Å². The Morgan fingerprint density at radius 2 is 2.00 bits per heavy atom. The smallest absolute Gasteiger partial charge is 0.243 e. The number of hydrogen-bond acceptors (Lipinski definition) is 3. The van der Waals surface area contributed by atoms with Crippen LogP contribution in [0.1, 0.15) is 6.42 Å². The Labute approximate surface area is 153 Å². The predicted octanol–water partition coefficient (Wildman–Crippen LogP) is 3.60. The molecule has 24 heavy (non-hydrogen) atoms. The first kappa shape index (κ1) is 16.8. The van der Waals surface area contributed by atoms with Gasteiger partial charge in [0, 0.05) is 28.1 Å². The second kappa shape index (κ2) is 7.23. The maximum absolute atomic E-state index is 12.3. The zero-order valence-corrected chi connectivity index (χ0v) is 15.0. The summed E-state index contributed by atoms with van der Waals surface area (Å²) in [6, 6.07) is 14.5. The van der Waals surface area contributed by atoms with Gasteiger partial charge in [0.25, 0.3) is 0 Å². The second-order valence-electron chi connectivity index (χ2n) is 5.51. The van der Waals surface area contributed by atoms with E-state index in [1.807, 2.05) is 24.3 Å². The summed E-state index contributed by atoms with van der Waals surface area (Å²) in [6.45, 7) is 0.359. The number of halogens is 2. The first-order valence-electron chi connectivity index (χ1n) is 7.40. The summed E-state index contributed by atoms with van der Waals surface area (Å²) < 4.78 is 0.892. The van der Waals surface area contributed by atoms with Gasteiger partial charge in [-0.05, 0) is 36.4 Å².